The van der Waals surface area contributed by atoms with E-state index in [1.807, 2.05) is 48.1 Å². The summed E-state index contributed by atoms with van der Waals surface area (Å²) in [5.41, 5.74) is 1.74. The van der Waals surface area contributed by atoms with Gasteiger partial charge in [-0.05, 0) is 12.1 Å². The van der Waals surface area contributed by atoms with Crippen LogP contribution in [0.25, 0.3) is 22.0 Å². The number of thioether (sulfide) groups is 1. The number of aromatic nitrogens is 3. The van der Waals surface area contributed by atoms with E-state index >= 15 is 0 Å². The molecule has 0 saturated heterocycles. The number of thiazole rings is 1. The molecule has 0 saturated carbocycles. The minimum Gasteiger partial charge on any atom is -0.333 e. The fourth-order valence-electron chi connectivity index (χ4n) is 2.90. The van der Waals surface area contributed by atoms with Crippen molar-refractivity contribution in [1.29, 1.82) is 0 Å². The molecule has 0 atom stereocenters. The summed E-state index contributed by atoms with van der Waals surface area (Å²) in [5, 5.41) is 3.40. The van der Waals surface area contributed by atoms with E-state index in [1.165, 1.54) is 29.2 Å². The molecular weight excluding hydrogens is 419 g/mol. The standard InChI is InChI=1S/C22H19FN4OS2/c1-27-13-12-24-21(27)20-19(15-7-3-2-4-8-15)26-22(30-20)25-18(28)11-14-29-17-10-6-5-9-16(17)23/h2-10,12-13H,11,14H2,1H3,(H,25,26,28). The Kier molecular flexibility index (Phi) is 6.25. The first-order valence-corrected chi connectivity index (χ1v) is 11.1. The van der Waals surface area contributed by atoms with E-state index in [2.05, 4.69) is 15.3 Å². The van der Waals surface area contributed by atoms with Gasteiger partial charge in [-0.1, -0.05) is 53.8 Å². The molecule has 2 aromatic carbocycles. The van der Waals surface area contributed by atoms with E-state index in [0.29, 0.717) is 15.8 Å². The normalized spacial score (nSPS) is 10.9. The maximum atomic E-state index is 13.7. The monoisotopic (exact) mass is 438 g/mol. The Bertz CT molecular complexity index is 1160. The quantitative estimate of drug-likeness (QED) is 0.389. The Balaban J connectivity index is 1.49. The highest BCUT2D eigenvalue weighted by atomic mass is 32.2. The SMILES string of the molecule is Cn1ccnc1-c1sc(NC(=O)CCSc2ccccc2F)nc1-c1ccccc1. The molecule has 0 aliphatic rings. The fourth-order valence-corrected chi connectivity index (χ4v) is 4.83. The van der Waals surface area contributed by atoms with Gasteiger partial charge >= 0.3 is 0 Å². The summed E-state index contributed by atoms with van der Waals surface area (Å²) in [6.07, 6.45) is 3.88. The Morgan fingerprint density at radius 1 is 1.17 bits per heavy atom. The lowest BCUT2D eigenvalue weighted by Gasteiger charge is -2.03. The molecule has 0 bridgehead atoms. The van der Waals surface area contributed by atoms with Gasteiger partial charge < -0.3 is 9.88 Å². The molecule has 1 amide bonds. The van der Waals surface area contributed by atoms with E-state index in [9.17, 15) is 9.18 Å². The number of rotatable bonds is 7. The number of benzene rings is 2. The summed E-state index contributed by atoms with van der Waals surface area (Å²) in [6.45, 7) is 0. The molecule has 1 N–H and O–H groups in total. The van der Waals surface area contributed by atoms with Gasteiger partial charge in [0.2, 0.25) is 5.91 Å². The summed E-state index contributed by atoms with van der Waals surface area (Å²) in [4.78, 5) is 23.0. The molecule has 2 aromatic heterocycles. The number of halogens is 1. The highest BCUT2D eigenvalue weighted by Crippen LogP contribution is 2.38. The number of nitrogens with one attached hydrogen (secondary N) is 1. The Hall–Kier alpha value is -2.97. The van der Waals surface area contributed by atoms with Crippen LogP contribution in [0.2, 0.25) is 0 Å². The van der Waals surface area contributed by atoms with E-state index in [1.54, 1.807) is 24.4 Å². The van der Waals surface area contributed by atoms with Crippen molar-refractivity contribution in [2.45, 2.75) is 11.3 Å². The summed E-state index contributed by atoms with van der Waals surface area (Å²) < 4.78 is 15.6. The first kappa shape index (κ1) is 20.3. The topological polar surface area (TPSA) is 59.8 Å². The Morgan fingerprint density at radius 2 is 1.93 bits per heavy atom. The number of hydrogen-bond donors (Lipinski definition) is 1. The van der Waals surface area contributed by atoms with Crippen molar-refractivity contribution in [3.63, 3.8) is 0 Å². The van der Waals surface area contributed by atoms with Crippen LogP contribution in [0.15, 0.2) is 71.9 Å². The van der Waals surface area contributed by atoms with Crippen LogP contribution in [-0.2, 0) is 11.8 Å². The van der Waals surface area contributed by atoms with Crippen molar-refractivity contribution in [2.24, 2.45) is 7.05 Å². The molecule has 4 rings (SSSR count). The van der Waals surface area contributed by atoms with Gasteiger partial charge in [-0.25, -0.2) is 14.4 Å². The van der Waals surface area contributed by atoms with Gasteiger partial charge in [0.05, 0.1) is 10.6 Å². The van der Waals surface area contributed by atoms with Crippen LogP contribution >= 0.6 is 23.1 Å². The number of hydrogen-bond acceptors (Lipinski definition) is 5. The predicted octanol–water partition coefficient (Wildman–Crippen LogP) is 5.47. The third kappa shape index (κ3) is 4.60. The lowest BCUT2D eigenvalue weighted by molar-refractivity contribution is -0.115. The zero-order valence-corrected chi connectivity index (χ0v) is 17.8. The molecule has 30 heavy (non-hydrogen) atoms. The van der Waals surface area contributed by atoms with E-state index in [-0.39, 0.29) is 18.1 Å². The van der Waals surface area contributed by atoms with Crippen LogP contribution < -0.4 is 5.32 Å². The maximum Gasteiger partial charge on any atom is 0.226 e. The number of carbonyl (C=O) groups is 1. The summed E-state index contributed by atoms with van der Waals surface area (Å²) in [6, 6.07) is 16.4. The van der Waals surface area contributed by atoms with Gasteiger partial charge in [0.15, 0.2) is 11.0 Å². The van der Waals surface area contributed by atoms with E-state index < -0.39 is 0 Å². The van der Waals surface area contributed by atoms with Gasteiger partial charge in [0, 0.05) is 42.1 Å². The van der Waals surface area contributed by atoms with Gasteiger partial charge in [0.25, 0.3) is 0 Å². The van der Waals surface area contributed by atoms with Crippen LogP contribution in [0.5, 0.6) is 0 Å². The van der Waals surface area contributed by atoms with Crippen LogP contribution in [0.4, 0.5) is 9.52 Å². The molecule has 0 radical (unpaired) electrons. The second kappa shape index (κ2) is 9.23. The Labute approximate surface area is 182 Å². The zero-order valence-electron chi connectivity index (χ0n) is 16.2. The minimum absolute atomic E-state index is 0.154. The summed E-state index contributed by atoms with van der Waals surface area (Å²) in [7, 11) is 1.93. The minimum atomic E-state index is -0.268. The third-order valence-electron chi connectivity index (χ3n) is 4.37. The molecule has 5 nitrogen and oxygen atoms in total. The molecule has 4 aromatic rings. The average Bonchev–Trinajstić information content (AvgIpc) is 3.36. The van der Waals surface area contributed by atoms with Gasteiger partial charge in [0.1, 0.15) is 5.82 Å². The lowest BCUT2D eigenvalue weighted by atomic mass is 10.1. The van der Waals surface area contributed by atoms with Crippen LogP contribution in [0.1, 0.15) is 6.42 Å². The predicted molar refractivity (Wildman–Crippen MR) is 120 cm³/mol. The molecule has 0 aliphatic carbocycles. The maximum absolute atomic E-state index is 13.7. The first-order valence-electron chi connectivity index (χ1n) is 9.33. The highest BCUT2D eigenvalue weighted by molar-refractivity contribution is 7.99. The summed E-state index contributed by atoms with van der Waals surface area (Å²) in [5.74, 6) is 0.853. The summed E-state index contributed by atoms with van der Waals surface area (Å²) >= 11 is 2.72. The number of aryl methyl sites for hydroxylation is 1. The van der Waals surface area contributed by atoms with Crippen molar-refractivity contribution in [3.05, 3.63) is 72.8 Å². The van der Waals surface area contributed by atoms with Crippen molar-refractivity contribution < 1.29 is 9.18 Å². The van der Waals surface area contributed by atoms with Crippen molar-refractivity contribution in [2.75, 3.05) is 11.1 Å². The molecule has 0 fully saturated rings. The average molecular weight is 439 g/mol. The number of amides is 1. The van der Waals surface area contributed by atoms with E-state index in [0.717, 1.165) is 22.0 Å². The van der Waals surface area contributed by atoms with E-state index in [4.69, 9.17) is 0 Å². The van der Waals surface area contributed by atoms with Gasteiger partial charge in [-0.15, -0.1) is 11.8 Å². The smallest absolute Gasteiger partial charge is 0.226 e. The highest BCUT2D eigenvalue weighted by Gasteiger charge is 2.19. The Morgan fingerprint density at radius 3 is 2.67 bits per heavy atom. The number of nitrogens with zero attached hydrogens (tertiary/aromatic N) is 3. The second-order valence-corrected chi connectivity index (χ2v) is 8.64. The van der Waals surface area contributed by atoms with Crippen molar-refractivity contribution in [3.8, 4) is 22.0 Å². The molecule has 0 spiro atoms. The third-order valence-corrected chi connectivity index (χ3v) is 6.39. The van der Waals surface area contributed by atoms with Crippen LogP contribution in [-0.4, -0.2) is 26.2 Å². The lowest BCUT2D eigenvalue weighted by Crippen LogP contribution is -2.11. The first-order chi connectivity index (χ1) is 14.6. The zero-order chi connectivity index (χ0) is 20.9. The van der Waals surface area contributed by atoms with Crippen LogP contribution in [0, 0.1) is 5.82 Å². The molecular formula is C22H19FN4OS2. The molecule has 0 aliphatic heterocycles. The number of anilines is 1. The fraction of sp³-hybridized carbons (Fsp3) is 0.136. The van der Waals surface area contributed by atoms with Crippen molar-refractivity contribution in [1.82, 2.24) is 14.5 Å². The second-order valence-electron chi connectivity index (χ2n) is 6.50. The number of carbonyl (C=O) groups excluding carboxylic acids is 1. The van der Waals surface area contributed by atoms with Crippen molar-refractivity contribution >= 4 is 34.1 Å². The molecule has 152 valence electrons. The largest absolute Gasteiger partial charge is 0.333 e. The molecule has 0 unspecified atom stereocenters. The van der Waals surface area contributed by atoms with Gasteiger partial charge in [-0.2, -0.15) is 0 Å². The number of imidazole rings is 1. The van der Waals surface area contributed by atoms with Crippen LogP contribution in [0.3, 0.4) is 0 Å². The molecule has 8 heteroatoms. The van der Waals surface area contributed by atoms with Gasteiger partial charge in [-0.3, -0.25) is 4.79 Å². The molecule has 2 heterocycles.